The Morgan fingerprint density at radius 3 is 2.50 bits per heavy atom. The zero-order valence-electron chi connectivity index (χ0n) is 16.8. The number of hydrogen-bond donors (Lipinski definition) is 1. The Morgan fingerprint density at radius 1 is 1.07 bits per heavy atom. The fraction of sp³-hybridized carbons (Fsp3) is 0.125. The standard InChI is InChI=1S/C24H21N3O3/c1-16-20(23(28)26-18-6-4-3-5-7-18)14-21-22(25-16)12-13-27(24(21)29)15-17-8-10-19(30-2)11-9-17/h3-14H,15H2,1-2H3,(H,26,28). The van der Waals surface area contributed by atoms with Crippen molar-refractivity contribution in [1.82, 2.24) is 9.55 Å². The number of ether oxygens (including phenoxy) is 1. The Labute approximate surface area is 173 Å². The van der Waals surface area contributed by atoms with E-state index in [0.29, 0.717) is 34.4 Å². The van der Waals surface area contributed by atoms with Crippen molar-refractivity contribution in [2.24, 2.45) is 0 Å². The average molecular weight is 399 g/mol. The van der Waals surface area contributed by atoms with Crippen LogP contribution in [-0.2, 0) is 6.54 Å². The molecule has 30 heavy (non-hydrogen) atoms. The molecule has 6 heteroatoms. The third-order valence-electron chi connectivity index (χ3n) is 4.93. The van der Waals surface area contributed by atoms with Crippen LogP contribution in [-0.4, -0.2) is 22.6 Å². The predicted octanol–water partition coefficient (Wildman–Crippen LogP) is 4.01. The van der Waals surface area contributed by atoms with Crippen molar-refractivity contribution in [2.75, 3.05) is 12.4 Å². The highest BCUT2D eigenvalue weighted by atomic mass is 16.5. The Hall–Kier alpha value is -3.93. The maximum Gasteiger partial charge on any atom is 0.260 e. The molecule has 0 atom stereocenters. The van der Waals surface area contributed by atoms with E-state index in [4.69, 9.17) is 4.74 Å². The molecular formula is C24H21N3O3. The zero-order valence-corrected chi connectivity index (χ0v) is 16.8. The fourth-order valence-corrected chi connectivity index (χ4v) is 3.31. The van der Waals surface area contributed by atoms with Crippen LogP contribution >= 0.6 is 0 Å². The van der Waals surface area contributed by atoms with E-state index < -0.39 is 0 Å². The van der Waals surface area contributed by atoms with Gasteiger partial charge in [-0.2, -0.15) is 0 Å². The largest absolute Gasteiger partial charge is 0.497 e. The first-order valence-corrected chi connectivity index (χ1v) is 9.55. The second-order valence-corrected chi connectivity index (χ2v) is 6.97. The summed E-state index contributed by atoms with van der Waals surface area (Å²) >= 11 is 0. The van der Waals surface area contributed by atoms with Crippen molar-refractivity contribution in [3.8, 4) is 5.75 Å². The van der Waals surface area contributed by atoms with Gasteiger partial charge in [-0.1, -0.05) is 30.3 Å². The van der Waals surface area contributed by atoms with Crippen molar-refractivity contribution >= 4 is 22.5 Å². The predicted molar refractivity (Wildman–Crippen MR) is 117 cm³/mol. The molecule has 4 rings (SSSR count). The van der Waals surface area contributed by atoms with Gasteiger partial charge in [-0.3, -0.25) is 14.6 Å². The van der Waals surface area contributed by atoms with Crippen molar-refractivity contribution in [3.05, 3.63) is 100 Å². The van der Waals surface area contributed by atoms with Crippen molar-refractivity contribution in [1.29, 1.82) is 0 Å². The van der Waals surface area contributed by atoms with Gasteiger partial charge in [0.1, 0.15) is 5.75 Å². The second kappa shape index (κ2) is 8.21. The number of aryl methyl sites for hydroxylation is 1. The van der Waals surface area contributed by atoms with Gasteiger partial charge in [0.15, 0.2) is 0 Å². The lowest BCUT2D eigenvalue weighted by Gasteiger charge is -2.11. The number of benzene rings is 2. The van der Waals surface area contributed by atoms with E-state index in [2.05, 4.69) is 10.3 Å². The molecule has 0 saturated heterocycles. The molecule has 0 bridgehead atoms. The molecular weight excluding hydrogens is 378 g/mol. The fourth-order valence-electron chi connectivity index (χ4n) is 3.31. The molecule has 1 N–H and O–H groups in total. The number of anilines is 1. The Kier molecular flexibility index (Phi) is 5.30. The summed E-state index contributed by atoms with van der Waals surface area (Å²) in [6, 6.07) is 20.2. The van der Waals surface area contributed by atoms with Crippen LogP contribution < -0.4 is 15.6 Å². The molecule has 0 fully saturated rings. The van der Waals surface area contributed by atoms with Gasteiger partial charge in [0, 0.05) is 11.9 Å². The molecule has 0 radical (unpaired) electrons. The molecule has 0 saturated carbocycles. The van der Waals surface area contributed by atoms with Gasteiger partial charge >= 0.3 is 0 Å². The van der Waals surface area contributed by atoms with E-state index in [1.54, 1.807) is 36.9 Å². The van der Waals surface area contributed by atoms with Gasteiger partial charge in [-0.15, -0.1) is 0 Å². The van der Waals surface area contributed by atoms with Crippen molar-refractivity contribution in [3.63, 3.8) is 0 Å². The van der Waals surface area contributed by atoms with Crippen LogP contribution in [0.25, 0.3) is 10.9 Å². The van der Waals surface area contributed by atoms with Crippen LogP contribution in [0.4, 0.5) is 5.69 Å². The quantitative estimate of drug-likeness (QED) is 0.550. The molecule has 2 heterocycles. The molecule has 0 spiro atoms. The summed E-state index contributed by atoms with van der Waals surface area (Å²) in [6.45, 7) is 2.18. The number of pyridine rings is 2. The molecule has 2 aromatic carbocycles. The summed E-state index contributed by atoms with van der Waals surface area (Å²) in [5, 5.41) is 3.26. The van der Waals surface area contributed by atoms with E-state index in [9.17, 15) is 9.59 Å². The summed E-state index contributed by atoms with van der Waals surface area (Å²) < 4.78 is 6.79. The Morgan fingerprint density at radius 2 is 1.80 bits per heavy atom. The first-order chi connectivity index (χ1) is 14.5. The molecule has 150 valence electrons. The minimum Gasteiger partial charge on any atom is -0.497 e. The normalized spacial score (nSPS) is 10.7. The van der Waals surface area contributed by atoms with Crippen LogP contribution in [0.1, 0.15) is 21.6 Å². The highest BCUT2D eigenvalue weighted by Gasteiger charge is 2.14. The van der Waals surface area contributed by atoms with Crippen LogP contribution in [0, 0.1) is 6.92 Å². The number of amides is 1. The molecule has 1 amide bonds. The van der Waals surface area contributed by atoms with Crippen molar-refractivity contribution in [2.45, 2.75) is 13.5 Å². The summed E-state index contributed by atoms with van der Waals surface area (Å²) in [7, 11) is 1.61. The summed E-state index contributed by atoms with van der Waals surface area (Å²) in [5.41, 5.74) is 2.99. The molecule has 0 aliphatic heterocycles. The summed E-state index contributed by atoms with van der Waals surface area (Å²) in [6.07, 6.45) is 1.73. The maximum absolute atomic E-state index is 13.1. The number of carbonyl (C=O) groups is 1. The van der Waals surface area contributed by atoms with E-state index >= 15 is 0 Å². The van der Waals surface area contributed by atoms with Gasteiger partial charge in [-0.25, -0.2) is 0 Å². The molecule has 6 nitrogen and oxygen atoms in total. The van der Waals surface area contributed by atoms with Crippen LogP contribution in [0.5, 0.6) is 5.75 Å². The third-order valence-corrected chi connectivity index (χ3v) is 4.93. The van der Waals surface area contributed by atoms with Gasteiger partial charge in [0.05, 0.1) is 35.8 Å². The summed E-state index contributed by atoms with van der Waals surface area (Å²) in [5.74, 6) is 0.469. The van der Waals surface area contributed by atoms with Gasteiger partial charge < -0.3 is 14.6 Å². The van der Waals surface area contributed by atoms with Gasteiger partial charge in [0.2, 0.25) is 0 Å². The molecule has 0 aliphatic rings. The van der Waals surface area contributed by atoms with Gasteiger partial charge in [-0.05, 0) is 48.9 Å². The minimum atomic E-state index is -0.293. The molecule has 2 aromatic heterocycles. The van der Waals surface area contributed by atoms with Gasteiger partial charge in [0.25, 0.3) is 11.5 Å². The number of nitrogens with one attached hydrogen (secondary N) is 1. The zero-order chi connectivity index (χ0) is 21.1. The Bertz CT molecular complexity index is 1260. The maximum atomic E-state index is 13.1. The first-order valence-electron chi connectivity index (χ1n) is 9.55. The lowest BCUT2D eigenvalue weighted by molar-refractivity contribution is 0.102. The number of carbonyl (C=O) groups excluding carboxylic acids is 1. The monoisotopic (exact) mass is 399 g/mol. The number of methoxy groups -OCH3 is 1. The lowest BCUT2D eigenvalue weighted by atomic mass is 10.1. The highest BCUT2D eigenvalue weighted by molar-refractivity contribution is 6.06. The van der Waals surface area contributed by atoms with E-state index in [-0.39, 0.29) is 11.5 Å². The topological polar surface area (TPSA) is 73.2 Å². The lowest BCUT2D eigenvalue weighted by Crippen LogP contribution is -2.22. The third kappa shape index (κ3) is 3.93. The summed E-state index contributed by atoms with van der Waals surface area (Å²) in [4.78, 5) is 30.3. The highest BCUT2D eigenvalue weighted by Crippen LogP contribution is 2.17. The molecule has 0 unspecified atom stereocenters. The second-order valence-electron chi connectivity index (χ2n) is 6.97. The van der Waals surface area contributed by atoms with E-state index in [1.807, 2.05) is 54.6 Å². The number of nitrogens with zero attached hydrogens (tertiary/aromatic N) is 2. The van der Waals surface area contributed by atoms with E-state index in [0.717, 1.165) is 11.3 Å². The Balaban J connectivity index is 1.68. The average Bonchev–Trinajstić information content (AvgIpc) is 2.76. The van der Waals surface area contributed by atoms with E-state index in [1.165, 1.54) is 0 Å². The molecule has 4 aromatic rings. The number of hydrogen-bond acceptors (Lipinski definition) is 4. The molecule has 0 aliphatic carbocycles. The number of fused-ring (bicyclic) bond motifs is 1. The number of para-hydroxylation sites is 1. The van der Waals surface area contributed by atoms with Crippen LogP contribution in [0.15, 0.2) is 77.7 Å². The van der Waals surface area contributed by atoms with Crippen molar-refractivity contribution < 1.29 is 9.53 Å². The van der Waals surface area contributed by atoms with Crippen LogP contribution in [0.3, 0.4) is 0 Å². The first kappa shape index (κ1) is 19.4. The SMILES string of the molecule is COc1ccc(Cn2ccc3nc(C)c(C(=O)Nc4ccccc4)cc3c2=O)cc1. The smallest absolute Gasteiger partial charge is 0.260 e. The number of aromatic nitrogens is 2. The number of rotatable bonds is 5. The minimum absolute atomic E-state index is 0.190. The van der Waals surface area contributed by atoms with Crippen LogP contribution in [0.2, 0.25) is 0 Å².